The van der Waals surface area contributed by atoms with Crippen molar-refractivity contribution in [3.63, 3.8) is 0 Å². The van der Waals surface area contributed by atoms with Crippen molar-refractivity contribution < 1.29 is 9.84 Å². The largest absolute Gasteiger partial charge is 0.390 e. The molecule has 104 valence electrons. The Bertz CT molecular complexity index is 166. The lowest BCUT2D eigenvalue weighted by Gasteiger charge is -2.30. The summed E-state index contributed by atoms with van der Waals surface area (Å²) in [7, 11) is 0. The van der Waals surface area contributed by atoms with Gasteiger partial charge in [0.05, 0.1) is 11.7 Å². The average Bonchev–Trinajstić information content (AvgIpc) is 2.27. The smallest absolute Gasteiger partial charge is 0.0884 e. The molecule has 17 heavy (non-hydrogen) atoms. The second kappa shape index (κ2) is 9.90. The number of ether oxygens (including phenoxy) is 1. The quantitative estimate of drug-likeness (QED) is 0.549. The van der Waals surface area contributed by atoms with E-state index in [1.165, 1.54) is 38.5 Å². The minimum Gasteiger partial charge on any atom is -0.390 e. The first-order chi connectivity index (χ1) is 8.04. The molecular weight excluding hydrogens is 212 g/mol. The lowest BCUT2D eigenvalue weighted by molar-refractivity contribution is -0.0992. The molecule has 0 aliphatic rings. The van der Waals surface area contributed by atoms with Gasteiger partial charge in [0.2, 0.25) is 0 Å². The molecule has 0 aromatic heterocycles. The summed E-state index contributed by atoms with van der Waals surface area (Å²) in [5, 5.41) is 10.0. The van der Waals surface area contributed by atoms with E-state index in [9.17, 15) is 5.11 Å². The Kier molecular flexibility index (Phi) is 9.85. The van der Waals surface area contributed by atoms with Crippen LogP contribution in [0, 0.1) is 0 Å². The van der Waals surface area contributed by atoms with E-state index < -0.39 is 5.60 Å². The molecule has 0 aliphatic heterocycles. The van der Waals surface area contributed by atoms with Gasteiger partial charge in [0.25, 0.3) is 0 Å². The Morgan fingerprint density at radius 2 is 1.47 bits per heavy atom. The Morgan fingerprint density at radius 1 is 0.941 bits per heavy atom. The Balaban J connectivity index is 3.47. The summed E-state index contributed by atoms with van der Waals surface area (Å²) in [4.78, 5) is 0. The zero-order valence-corrected chi connectivity index (χ0v) is 12.3. The second-order valence-corrected chi connectivity index (χ2v) is 5.46. The van der Waals surface area contributed by atoms with Crippen LogP contribution in [0.2, 0.25) is 0 Å². The highest BCUT2D eigenvalue weighted by Gasteiger charge is 2.27. The van der Waals surface area contributed by atoms with Crippen molar-refractivity contribution in [3.8, 4) is 0 Å². The first-order valence-electron chi connectivity index (χ1n) is 7.36. The third-order valence-corrected chi connectivity index (χ3v) is 3.40. The number of hydrogen-bond donors (Lipinski definition) is 1. The first kappa shape index (κ1) is 16.9. The monoisotopic (exact) mass is 244 g/mol. The van der Waals surface area contributed by atoms with E-state index in [-0.39, 0.29) is 6.10 Å². The Hall–Kier alpha value is -0.0800. The van der Waals surface area contributed by atoms with Gasteiger partial charge in [-0.05, 0) is 27.2 Å². The maximum atomic E-state index is 10.0. The average molecular weight is 244 g/mol. The molecule has 1 N–H and O–H groups in total. The van der Waals surface area contributed by atoms with Crippen molar-refractivity contribution in [1.82, 2.24) is 0 Å². The molecule has 0 heterocycles. The van der Waals surface area contributed by atoms with Crippen LogP contribution in [-0.2, 0) is 4.74 Å². The standard InChI is InChI=1S/C15H32O2/c1-5-7-8-9-10-11-12-13-14(16)15(3,4)17-6-2/h14,16H,5-13H2,1-4H3. The highest BCUT2D eigenvalue weighted by atomic mass is 16.5. The van der Waals surface area contributed by atoms with Gasteiger partial charge in [-0.25, -0.2) is 0 Å². The van der Waals surface area contributed by atoms with Crippen LogP contribution in [0.3, 0.4) is 0 Å². The summed E-state index contributed by atoms with van der Waals surface area (Å²) in [5.41, 5.74) is -0.392. The molecule has 0 saturated carbocycles. The minimum atomic E-state index is -0.392. The van der Waals surface area contributed by atoms with E-state index in [2.05, 4.69) is 6.92 Å². The molecule has 0 rings (SSSR count). The van der Waals surface area contributed by atoms with E-state index in [4.69, 9.17) is 4.74 Å². The fourth-order valence-corrected chi connectivity index (χ4v) is 2.11. The fraction of sp³-hybridized carbons (Fsp3) is 1.00. The Morgan fingerprint density at radius 3 is 2.00 bits per heavy atom. The highest BCUT2D eigenvalue weighted by molar-refractivity contribution is 4.78. The van der Waals surface area contributed by atoms with Crippen LogP contribution in [0.25, 0.3) is 0 Å². The maximum absolute atomic E-state index is 10.0. The molecule has 0 bridgehead atoms. The lowest BCUT2D eigenvalue weighted by Crippen LogP contribution is -2.39. The Labute approximate surface area is 108 Å². The molecule has 0 radical (unpaired) electrons. The van der Waals surface area contributed by atoms with Crippen LogP contribution < -0.4 is 0 Å². The van der Waals surface area contributed by atoms with Gasteiger partial charge in [0, 0.05) is 6.61 Å². The SMILES string of the molecule is CCCCCCCCCC(O)C(C)(C)OCC. The van der Waals surface area contributed by atoms with Crippen LogP contribution in [0.4, 0.5) is 0 Å². The first-order valence-corrected chi connectivity index (χ1v) is 7.36. The van der Waals surface area contributed by atoms with Crippen molar-refractivity contribution in [2.45, 2.75) is 90.8 Å². The lowest BCUT2D eigenvalue weighted by atomic mass is 9.95. The summed E-state index contributed by atoms with van der Waals surface area (Å²) >= 11 is 0. The summed E-state index contributed by atoms with van der Waals surface area (Å²) < 4.78 is 5.55. The van der Waals surface area contributed by atoms with Gasteiger partial charge < -0.3 is 9.84 Å². The van der Waals surface area contributed by atoms with Gasteiger partial charge in [0.1, 0.15) is 0 Å². The molecule has 0 spiro atoms. The topological polar surface area (TPSA) is 29.5 Å². The number of unbranched alkanes of at least 4 members (excludes halogenated alkanes) is 6. The molecule has 2 heteroatoms. The van der Waals surface area contributed by atoms with Crippen molar-refractivity contribution in [2.75, 3.05) is 6.61 Å². The summed E-state index contributed by atoms with van der Waals surface area (Å²) in [6.45, 7) is 8.83. The van der Waals surface area contributed by atoms with Gasteiger partial charge in [-0.1, -0.05) is 51.9 Å². The van der Waals surface area contributed by atoms with E-state index >= 15 is 0 Å². The van der Waals surface area contributed by atoms with Crippen LogP contribution >= 0.6 is 0 Å². The summed E-state index contributed by atoms with van der Waals surface area (Å²) in [5.74, 6) is 0. The molecule has 0 aromatic carbocycles. The van der Waals surface area contributed by atoms with Crippen molar-refractivity contribution >= 4 is 0 Å². The third-order valence-electron chi connectivity index (χ3n) is 3.40. The molecule has 0 fully saturated rings. The van der Waals surface area contributed by atoms with Gasteiger partial charge in [-0.15, -0.1) is 0 Å². The van der Waals surface area contributed by atoms with Gasteiger partial charge in [-0.3, -0.25) is 0 Å². The van der Waals surface area contributed by atoms with Crippen molar-refractivity contribution in [1.29, 1.82) is 0 Å². The molecule has 0 saturated heterocycles. The van der Waals surface area contributed by atoms with Crippen LogP contribution in [-0.4, -0.2) is 23.4 Å². The molecule has 0 amide bonds. The van der Waals surface area contributed by atoms with Crippen LogP contribution in [0.15, 0.2) is 0 Å². The van der Waals surface area contributed by atoms with Gasteiger partial charge in [0.15, 0.2) is 0 Å². The van der Waals surface area contributed by atoms with Crippen molar-refractivity contribution in [2.24, 2.45) is 0 Å². The summed E-state index contributed by atoms with van der Waals surface area (Å²) in [6.07, 6.45) is 9.57. The molecule has 0 aromatic rings. The molecule has 0 aliphatic carbocycles. The van der Waals surface area contributed by atoms with E-state index in [1.54, 1.807) is 0 Å². The van der Waals surface area contributed by atoms with E-state index in [0.717, 1.165) is 12.8 Å². The number of aliphatic hydroxyl groups excluding tert-OH is 1. The molecule has 2 nitrogen and oxygen atoms in total. The van der Waals surface area contributed by atoms with Crippen LogP contribution in [0.5, 0.6) is 0 Å². The van der Waals surface area contributed by atoms with Gasteiger partial charge >= 0.3 is 0 Å². The summed E-state index contributed by atoms with van der Waals surface area (Å²) in [6, 6.07) is 0. The normalized spacial score (nSPS) is 13.9. The van der Waals surface area contributed by atoms with E-state index in [1.807, 2.05) is 20.8 Å². The molecular formula is C15H32O2. The predicted octanol–water partition coefficient (Wildman–Crippen LogP) is 4.30. The minimum absolute atomic E-state index is 0.335. The van der Waals surface area contributed by atoms with Gasteiger partial charge in [-0.2, -0.15) is 0 Å². The number of aliphatic hydroxyl groups is 1. The number of hydrogen-bond acceptors (Lipinski definition) is 2. The van der Waals surface area contributed by atoms with E-state index in [0.29, 0.717) is 6.61 Å². The predicted molar refractivity (Wildman–Crippen MR) is 74.3 cm³/mol. The fourth-order valence-electron chi connectivity index (χ4n) is 2.11. The highest BCUT2D eigenvalue weighted by Crippen LogP contribution is 2.20. The van der Waals surface area contributed by atoms with Crippen LogP contribution in [0.1, 0.15) is 79.1 Å². The third kappa shape index (κ3) is 8.62. The van der Waals surface area contributed by atoms with Crippen molar-refractivity contribution in [3.05, 3.63) is 0 Å². The zero-order chi connectivity index (χ0) is 13.1. The maximum Gasteiger partial charge on any atom is 0.0884 e. The molecule has 1 unspecified atom stereocenters. The zero-order valence-electron chi connectivity index (χ0n) is 12.3. The molecule has 1 atom stereocenters. The number of rotatable bonds is 11. The second-order valence-electron chi connectivity index (χ2n) is 5.46.